The smallest absolute Gasteiger partial charge is 0.164 e. The van der Waals surface area contributed by atoms with Gasteiger partial charge in [-0.25, -0.2) is 0 Å². The third kappa shape index (κ3) is 3.30. The Kier molecular flexibility index (Phi) is 4.66. The first kappa shape index (κ1) is 14.0. The van der Waals surface area contributed by atoms with Crippen molar-refractivity contribution < 1.29 is 19.7 Å². The predicted molar refractivity (Wildman–Crippen MR) is 70.2 cm³/mol. The Bertz CT molecular complexity index is 256. The third-order valence-electron chi connectivity index (χ3n) is 2.87. The van der Waals surface area contributed by atoms with Crippen LogP contribution in [-0.2, 0) is 9.47 Å². The van der Waals surface area contributed by atoms with E-state index in [9.17, 15) is 10.2 Å². The molecular formula is C11H20O4S2. The van der Waals surface area contributed by atoms with E-state index in [0.717, 1.165) is 11.5 Å². The van der Waals surface area contributed by atoms with Gasteiger partial charge in [-0.2, -0.15) is 0 Å². The summed E-state index contributed by atoms with van der Waals surface area (Å²) < 4.78 is 11.4. The molecule has 2 aliphatic heterocycles. The van der Waals surface area contributed by atoms with E-state index in [1.54, 1.807) is 23.5 Å². The second kappa shape index (κ2) is 5.67. The summed E-state index contributed by atoms with van der Waals surface area (Å²) in [4.78, 5) is 0. The maximum Gasteiger partial charge on any atom is 0.164 e. The van der Waals surface area contributed by atoms with Crippen molar-refractivity contribution in [3.63, 3.8) is 0 Å². The molecule has 0 bridgehead atoms. The van der Waals surface area contributed by atoms with Crippen LogP contribution in [0.2, 0.25) is 0 Å². The predicted octanol–water partition coefficient (Wildman–Crippen LogP) is 1.06. The summed E-state index contributed by atoms with van der Waals surface area (Å²) in [6.07, 6.45) is -0.263. The van der Waals surface area contributed by atoms with Crippen LogP contribution in [0.3, 0.4) is 0 Å². The molecule has 0 aromatic rings. The summed E-state index contributed by atoms with van der Waals surface area (Å²) in [5, 5.41) is 19.6. The van der Waals surface area contributed by atoms with Crippen molar-refractivity contribution in [2.24, 2.45) is 0 Å². The van der Waals surface area contributed by atoms with Gasteiger partial charge < -0.3 is 19.7 Å². The topological polar surface area (TPSA) is 58.9 Å². The Morgan fingerprint density at radius 2 is 1.94 bits per heavy atom. The van der Waals surface area contributed by atoms with E-state index in [-0.39, 0.29) is 11.2 Å². The summed E-state index contributed by atoms with van der Waals surface area (Å²) in [5.41, 5.74) is 0. The van der Waals surface area contributed by atoms with Crippen LogP contribution in [0, 0.1) is 0 Å². The largest absolute Gasteiger partial charge is 0.394 e. The highest BCUT2D eigenvalue weighted by Gasteiger charge is 2.46. The molecule has 4 nitrogen and oxygen atoms in total. The molecule has 2 N–H and O–H groups in total. The second-order valence-electron chi connectivity index (χ2n) is 4.78. The summed E-state index contributed by atoms with van der Waals surface area (Å²) in [7, 11) is 0. The highest BCUT2D eigenvalue weighted by molar-refractivity contribution is 8.17. The van der Waals surface area contributed by atoms with Gasteiger partial charge in [0.05, 0.1) is 11.2 Å². The van der Waals surface area contributed by atoms with Gasteiger partial charge in [0.1, 0.15) is 18.3 Å². The van der Waals surface area contributed by atoms with Crippen molar-refractivity contribution in [2.75, 3.05) is 18.1 Å². The minimum atomic E-state index is -0.719. The van der Waals surface area contributed by atoms with Crippen LogP contribution in [0.1, 0.15) is 20.3 Å². The first-order valence-electron chi connectivity index (χ1n) is 5.91. The molecule has 100 valence electrons. The molecule has 2 heterocycles. The van der Waals surface area contributed by atoms with E-state index in [1.165, 1.54) is 6.42 Å². The van der Waals surface area contributed by atoms with Gasteiger partial charge in [0.25, 0.3) is 0 Å². The molecule has 6 heteroatoms. The number of rotatable bonds is 3. The van der Waals surface area contributed by atoms with Crippen molar-refractivity contribution >= 4 is 23.5 Å². The highest BCUT2D eigenvalue weighted by Crippen LogP contribution is 2.38. The summed E-state index contributed by atoms with van der Waals surface area (Å²) in [6, 6.07) is 0. The van der Waals surface area contributed by atoms with E-state index in [0.29, 0.717) is 0 Å². The maximum atomic E-state index is 10.3. The number of hydrogen-bond donors (Lipinski definition) is 2. The lowest BCUT2D eigenvalue weighted by atomic mass is 10.1. The fourth-order valence-electron chi connectivity index (χ4n) is 2.15. The molecule has 2 fully saturated rings. The van der Waals surface area contributed by atoms with Crippen LogP contribution in [0.15, 0.2) is 0 Å². The van der Waals surface area contributed by atoms with E-state index in [4.69, 9.17) is 9.47 Å². The number of ether oxygens (including phenoxy) is 2. The molecule has 0 unspecified atom stereocenters. The lowest BCUT2D eigenvalue weighted by Gasteiger charge is -2.30. The molecule has 2 aliphatic rings. The van der Waals surface area contributed by atoms with Crippen LogP contribution in [0.4, 0.5) is 0 Å². The van der Waals surface area contributed by atoms with Crippen LogP contribution in [0.5, 0.6) is 0 Å². The molecule has 0 amide bonds. The molecule has 0 aromatic heterocycles. The highest BCUT2D eigenvalue weighted by atomic mass is 32.2. The second-order valence-corrected chi connectivity index (χ2v) is 7.57. The lowest BCUT2D eigenvalue weighted by Crippen LogP contribution is -2.43. The third-order valence-corrected chi connectivity index (χ3v) is 5.95. The van der Waals surface area contributed by atoms with E-state index < -0.39 is 24.1 Å². The van der Waals surface area contributed by atoms with E-state index >= 15 is 0 Å². The van der Waals surface area contributed by atoms with Crippen LogP contribution >= 0.6 is 23.5 Å². The molecule has 17 heavy (non-hydrogen) atoms. The van der Waals surface area contributed by atoms with Crippen LogP contribution in [0.25, 0.3) is 0 Å². The van der Waals surface area contributed by atoms with Gasteiger partial charge in [0.15, 0.2) is 5.79 Å². The molecule has 0 radical (unpaired) electrons. The Morgan fingerprint density at radius 1 is 1.29 bits per heavy atom. The van der Waals surface area contributed by atoms with Gasteiger partial charge in [0.2, 0.25) is 0 Å². The van der Waals surface area contributed by atoms with Gasteiger partial charge in [-0.3, -0.25) is 0 Å². The molecule has 0 aliphatic carbocycles. The SMILES string of the molecule is CC1(C)O[C@@H]([C@@H](O)C2SCCCS2)[C@@H](CO)O1. The van der Waals surface area contributed by atoms with Crippen LogP contribution in [-0.4, -0.2) is 57.0 Å². The number of thioether (sulfide) groups is 2. The van der Waals surface area contributed by atoms with Gasteiger partial charge in [-0.15, -0.1) is 23.5 Å². The molecule has 0 spiro atoms. The molecule has 3 atom stereocenters. The molecule has 2 rings (SSSR count). The van der Waals surface area contributed by atoms with Gasteiger partial charge in [-0.05, 0) is 31.8 Å². The normalized spacial score (nSPS) is 36.0. The molecule has 0 aromatic carbocycles. The fraction of sp³-hybridized carbons (Fsp3) is 1.00. The summed E-state index contributed by atoms with van der Waals surface area (Å²) in [5.74, 6) is 1.44. The standard InChI is InChI=1S/C11H20O4S2/c1-11(2)14-7(6-12)9(15-11)8(13)10-16-4-3-5-17-10/h7-10,12-13H,3-6H2,1-2H3/t7-,8-,9-/m1/s1. The molecule has 0 saturated carbocycles. The van der Waals surface area contributed by atoms with E-state index in [1.807, 2.05) is 13.8 Å². The Morgan fingerprint density at radius 3 is 2.53 bits per heavy atom. The summed E-state index contributed by atoms with van der Waals surface area (Å²) >= 11 is 3.53. The van der Waals surface area contributed by atoms with Gasteiger partial charge >= 0.3 is 0 Å². The van der Waals surface area contributed by atoms with E-state index in [2.05, 4.69) is 0 Å². The number of aliphatic hydroxyl groups is 2. The number of hydrogen-bond acceptors (Lipinski definition) is 6. The Labute approximate surface area is 110 Å². The van der Waals surface area contributed by atoms with Crippen molar-refractivity contribution in [1.82, 2.24) is 0 Å². The zero-order valence-corrected chi connectivity index (χ0v) is 11.8. The van der Waals surface area contributed by atoms with Gasteiger partial charge in [0, 0.05) is 0 Å². The Hall–Kier alpha value is 0.540. The lowest BCUT2D eigenvalue weighted by molar-refractivity contribution is -0.156. The Balaban J connectivity index is 1.99. The summed E-state index contributed by atoms with van der Waals surface area (Å²) in [6.45, 7) is 3.50. The monoisotopic (exact) mass is 280 g/mol. The minimum Gasteiger partial charge on any atom is -0.394 e. The quantitative estimate of drug-likeness (QED) is 0.806. The maximum absolute atomic E-state index is 10.3. The molecular weight excluding hydrogens is 260 g/mol. The first-order chi connectivity index (χ1) is 8.03. The zero-order chi connectivity index (χ0) is 12.5. The van der Waals surface area contributed by atoms with Crippen molar-refractivity contribution in [3.05, 3.63) is 0 Å². The fourth-order valence-corrected chi connectivity index (χ4v) is 5.09. The first-order valence-corrected chi connectivity index (χ1v) is 8.01. The minimum absolute atomic E-state index is 0.118. The van der Waals surface area contributed by atoms with Crippen molar-refractivity contribution in [1.29, 1.82) is 0 Å². The van der Waals surface area contributed by atoms with Crippen molar-refractivity contribution in [2.45, 2.75) is 48.9 Å². The average Bonchev–Trinajstić information content (AvgIpc) is 2.65. The van der Waals surface area contributed by atoms with Crippen molar-refractivity contribution in [3.8, 4) is 0 Å². The number of aliphatic hydroxyl groups excluding tert-OH is 2. The average molecular weight is 280 g/mol. The van der Waals surface area contributed by atoms with Gasteiger partial charge in [-0.1, -0.05) is 0 Å². The van der Waals surface area contributed by atoms with Crippen LogP contribution < -0.4 is 0 Å². The zero-order valence-electron chi connectivity index (χ0n) is 10.2. The molecule has 2 saturated heterocycles.